The van der Waals surface area contributed by atoms with Crippen molar-refractivity contribution in [3.63, 3.8) is 0 Å². The van der Waals surface area contributed by atoms with Crippen LogP contribution < -0.4 is 4.90 Å². The molecular weight excluding hydrogens is 394 g/mol. The maximum absolute atomic E-state index is 13.4. The molecule has 30 heavy (non-hydrogen) atoms. The number of hydrogen-bond donors (Lipinski definition) is 0. The Morgan fingerprint density at radius 3 is 2.57 bits per heavy atom. The molecule has 6 nitrogen and oxygen atoms in total. The predicted octanol–water partition coefficient (Wildman–Crippen LogP) is 4.36. The molecule has 0 saturated carbocycles. The van der Waals surface area contributed by atoms with Gasteiger partial charge in [-0.2, -0.15) is 5.10 Å². The Bertz CT molecular complexity index is 1090. The van der Waals surface area contributed by atoms with Crippen LogP contribution in [0.2, 0.25) is 0 Å². The van der Waals surface area contributed by atoms with Gasteiger partial charge in [-0.05, 0) is 52.3 Å². The Kier molecular flexibility index (Phi) is 5.64. The first kappa shape index (κ1) is 20.6. The molecule has 7 heteroatoms. The summed E-state index contributed by atoms with van der Waals surface area (Å²) in [5.74, 6) is 0.654. The number of para-hydroxylation sites is 1. The van der Waals surface area contributed by atoms with Crippen molar-refractivity contribution in [2.24, 2.45) is 0 Å². The van der Waals surface area contributed by atoms with Gasteiger partial charge in [0.15, 0.2) is 0 Å². The molecular formula is C23H27N5OS. The van der Waals surface area contributed by atoms with Crippen molar-refractivity contribution in [1.82, 2.24) is 19.7 Å². The number of carbonyl (C=O) groups excluding carboxylic acids is 1. The number of aromatic nitrogens is 4. The van der Waals surface area contributed by atoms with Gasteiger partial charge in [0, 0.05) is 39.3 Å². The fraction of sp³-hybridized carbons (Fsp3) is 0.391. The number of anilines is 1. The van der Waals surface area contributed by atoms with Crippen molar-refractivity contribution in [3.8, 4) is 5.95 Å². The molecule has 4 rings (SSSR count). The highest BCUT2D eigenvalue weighted by molar-refractivity contribution is 8.00. The molecule has 0 aliphatic carbocycles. The minimum Gasteiger partial charge on any atom is -0.311 e. The van der Waals surface area contributed by atoms with Crippen LogP contribution in [0.4, 0.5) is 5.69 Å². The summed E-state index contributed by atoms with van der Waals surface area (Å²) in [6.45, 7) is 10.8. The summed E-state index contributed by atoms with van der Waals surface area (Å²) in [5, 5.41) is 5.14. The number of aryl methyl sites for hydroxylation is 3. The lowest BCUT2D eigenvalue weighted by atomic mass is 10.1. The smallest absolute Gasteiger partial charge is 0.251 e. The van der Waals surface area contributed by atoms with Gasteiger partial charge in [0.25, 0.3) is 5.95 Å². The van der Waals surface area contributed by atoms with E-state index in [-0.39, 0.29) is 5.91 Å². The molecule has 0 N–H and O–H groups in total. The van der Waals surface area contributed by atoms with Crippen LogP contribution >= 0.6 is 11.8 Å². The quantitative estimate of drug-likeness (QED) is 0.629. The predicted molar refractivity (Wildman–Crippen MR) is 121 cm³/mol. The summed E-state index contributed by atoms with van der Waals surface area (Å²) in [6.07, 6.45) is 1.29. The monoisotopic (exact) mass is 421 g/mol. The number of nitrogens with zero attached hydrogens (tertiary/aromatic N) is 5. The van der Waals surface area contributed by atoms with E-state index in [1.165, 1.54) is 4.90 Å². The summed E-state index contributed by atoms with van der Waals surface area (Å²) in [5.41, 5.74) is 5.51. The van der Waals surface area contributed by atoms with Crippen LogP contribution in [0.3, 0.4) is 0 Å². The third kappa shape index (κ3) is 3.99. The Hall–Kier alpha value is -2.67. The van der Waals surface area contributed by atoms with Crippen molar-refractivity contribution < 1.29 is 4.79 Å². The molecule has 1 aliphatic rings. The Morgan fingerprint density at radius 1 is 1.13 bits per heavy atom. The third-order valence-electron chi connectivity index (χ3n) is 5.47. The Morgan fingerprint density at radius 2 is 1.83 bits per heavy atom. The van der Waals surface area contributed by atoms with E-state index < -0.39 is 0 Å². The van der Waals surface area contributed by atoms with Crippen molar-refractivity contribution in [1.29, 1.82) is 0 Å². The molecule has 0 spiro atoms. The third-order valence-corrected chi connectivity index (χ3v) is 6.71. The van der Waals surface area contributed by atoms with E-state index in [1.807, 2.05) is 68.6 Å². The van der Waals surface area contributed by atoms with Crippen LogP contribution in [0.25, 0.3) is 5.95 Å². The highest BCUT2D eigenvalue weighted by Gasteiger charge is 2.26. The standard InChI is InChI=1S/C23H27N5OS/c1-14-12-15(2)25-23(24-14)28-18(5)19(17(4)26-28)13-22(29)27-11-10-16(3)30-21-9-7-6-8-20(21)27/h6-9,12,16H,10-11,13H2,1-5H3. The Balaban J connectivity index is 1.65. The SMILES string of the molecule is Cc1cc(C)nc(-n2nc(C)c(CC(=O)N3CCC(C)Sc4ccccc43)c2C)n1. The largest absolute Gasteiger partial charge is 0.311 e. The summed E-state index contributed by atoms with van der Waals surface area (Å²) in [4.78, 5) is 25.6. The molecule has 1 unspecified atom stereocenters. The van der Waals surface area contributed by atoms with Crippen LogP contribution in [-0.4, -0.2) is 37.5 Å². The molecule has 1 aliphatic heterocycles. The first-order valence-electron chi connectivity index (χ1n) is 10.3. The van der Waals surface area contributed by atoms with E-state index in [1.54, 1.807) is 4.68 Å². The van der Waals surface area contributed by atoms with E-state index in [0.717, 1.165) is 47.0 Å². The molecule has 0 radical (unpaired) electrons. The molecule has 3 aromatic rings. The zero-order chi connectivity index (χ0) is 21.4. The van der Waals surface area contributed by atoms with Crippen LogP contribution in [0.5, 0.6) is 0 Å². The Labute approximate surface area is 181 Å². The molecule has 0 fully saturated rings. The van der Waals surface area contributed by atoms with Crippen LogP contribution in [0.15, 0.2) is 35.2 Å². The molecule has 1 aromatic carbocycles. The number of thioether (sulfide) groups is 1. The van der Waals surface area contributed by atoms with Gasteiger partial charge in [-0.1, -0.05) is 19.1 Å². The molecule has 0 bridgehead atoms. The number of amides is 1. The van der Waals surface area contributed by atoms with Gasteiger partial charge in [-0.3, -0.25) is 4.79 Å². The summed E-state index contributed by atoms with van der Waals surface area (Å²) >= 11 is 1.84. The topological polar surface area (TPSA) is 63.9 Å². The number of fused-ring (bicyclic) bond motifs is 1. The second-order valence-corrected chi connectivity index (χ2v) is 9.40. The van der Waals surface area contributed by atoms with E-state index in [4.69, 9.17) is 0 Å². The lowest BCUT2D eigenvalue weighted by Gasteiger charge is -2.22. The molecule has 1 atom stereocenters. The van der Waals surface area contributed by atoms with Gasteiger partial charge in [0.2, 0.25) is 5.91 Å². The van der Waals surface area contributed by atoms with Gasteiger partial charge in [-0.15, -0.1) is 11.8 Å². The van der Waals surface area contributed by atoms with Crippen molar-refractivity contribution in [3.05, 3.63) is 58.7 Å². The van der Waals surface area contributed by atoms with Crippen LogP contribution in [-0.2, 0) is 11.2 Å². The lowest BCUT2D eigenvalue weighted by molar-refractivity contribution is -0.118. The van der Waals surface area contributed by atoms with Gasteiger partial charge in [0.1, 0.15) is 0 Å². The van der Waals surface area contributed by atoms with E-state index >= 15 is 0 Å². The maximum atomic E-state index is 13.4. The van der Waals surface area contributed by atoms with Gasteiger partial charge < -0.3 is 4.90 Å². The van der Waals surface area contributed by atoms with Gasteiger partial charge in [0.05, 0.1) is 17.8 Å². The second kappa shape index (κ2) is 8.22. The highest BCUT2D eigenvalue weighted by Crippen LogP contribution is 2.37. The normalized spacial score (nSPS) is 16.3. The first-order chi connectivity index (χ1) is 14.3. The molecule has 0 saturated heterocycles. The van der Waals surface area contributed by atoms with E-state index in [0.29, 0.717) is 17.6 Å². The van der Waals surface area contributed by atoms with Crippen molar-refractivity contribution >= 4 is 23.4 Å². The van der Waals surface area contributed by atoms with Gasteiger partial charge in [-0.25, -0.2) is 14.6 Å². The average molecular weight is 422 g/mol. The zero-order valence-corrected chi connectivity index (χ0v) is 19.0. The molecule has 2 aromatic heterocycles. The summed E-state index contributed by atoms with van der Waals surface area (Å²) < 4.78 is 1.76. The lowest BCUT2D eigenvalue weighted by Crippen LogP contribution is -2.33. The fourth-order valence-electron chi connectivity index (χ4n) is 3.92. The van der Waals surface area contributed by atoms with E-state index in [2.05, 4.69) is 28.1 Å². The van der Waals surface area contributed by atoms with Crippen molar-refractivity contribution in [2.75, 3.05) is 11.4 Å². The van der Waals surface area contributed by atoms with Crippen LogP contribution in [0, 0.1) is 27.7 Å². The zero-order valence-electron chi connectivity index (χ0n) is 18.1. The van der Waals surface area contributed by atoms with Crippen LogP contribution in [0.1, 0.15) is 41.7 Å². The maximum Gasteiger partial charge on any atom is 0.251 e. The van der Waals surface area contributed by atoms with E-state index in [9.17, 15) is 4.79 Å². The number of hydrogen-bond acceptors (Lipinski definition) is 5. The van der Waals surface area contributed by atoms with Crippen molar-refractivity contribution in [2.45, 2.75) is 57.6 Å². The fourth-order valence-corrected chi connectivity index (χ4v) is 5.03. The second-order valence-electron chi connectivity index (χ2n) is 7.92. The minimum atomic E-state index is 0.101. The van der Waals surface area contributed by atoms with Gasteiger partial charge >= 0.3 is 0 Å². The average Bonchev–Trinajstić information content (AvgIpc) is 2.86. The highest BCUT2D eigenvalue weighted by atomic mass is 32.2. The molecule has 1 amide bonds. The number of carbonyl (C=O) groups is 1. The molecule has 156 valence electrons. The first-order valence-corrected chi connectivity index (χ1v) is 11.1. The minimum absolute atomic E-state index is 0.101. The number of rotatable bonds is 3. The summed E-state index contributed by atoms with van der Waals surface area (Å²) in [7, 11) is 0. The number of benzene rings is 1. The summed E-state index contributed by atoms with van der Waals surface area (Å²) in [6, 6.07) is 10.1. The molecule has 3 heterocycles.